The van der Waals surface area contributed by atoms with Crippen LogP contribution < -0.4 is 5.32 Å². The quantitative estimate of drug-likeness (QED) is 0.802. The number of hydrogen-bond acceptors (Lipinski definition) is 3. The Morgan fingerprint density at radius 2 is 1.78 bits per heavy atom. The van der Waals surface area contributed by atoms with Gasteiger partial charge < -0.3 is 5.32 Å². The summed E-state index contributed by atoms with van der Waals surface area (Å²) in [6.07, 6.45) is 6.14. The van der Waals surface area contributed by atoms with Gasteiger partial charge >= 0.3 is 0 Å². The summed E-state index contributed by atoms with van der Waals surface area (Å²) in [5.41, 5.74) is 0. The molecule has 0 aliphatic carbocycles. The Bertz CT molecular complexity index is 357. The van der Waals surface area contributed by atoms with Crippen molar-refractivity contribution in [2.45, 2.75) is 70.5 Å². The lowest BCUT2D eigenvalue weighted by Gasteiger charge is -2.36. The van der Waals surface area contributed by atoms with Crippen molar-refractivity contribution in [3.63, 3.8) is 0 Å². The fourth-order valence-electron chi connectivity index (χ4n) is 3.39. The molecule has 0 aromatic carbocycles. The maximum atomic E-state index is 12.4. The molecule has 0 spiro atoms. The van der Waals surface area contributed by atoms with E-state index in [1.165, 1.54) is 12.8 Å². The summed E-state index contributed by atoms with van der Waals surface area (Å²) in [7, 11) is -3.05. The van der Waals surface area contributed by atoms with E-state index in [0.29, 0.717) is 24.4 Å². The minimum Gasteiger partial charge on any atom is -0.311 e. The van der Waals surface area contributed by atoms with Crippen LogP contribution in [-0.2, 0) is 10.0 Å². The van der Waals surface area contributed by atoms with E-state index in [2.05, 4.69) is 5.32 Å². The summed E-state index contributed by atoms with van der Waals surface area (Å²) >= 11 is 0. The number of sulfonamides is 1. The molecule has 2 aliphatic heterocycles. The van der Waals surface area contributed by atoms with Crippen molar-refractivity contribution in [3.8, 4) is 0 Å². The summed E-state index contributed by atoms with van der Waals surface area (Å²) < 4.78 is 26.5. The van der Waals surface area contributed by atoms with Crippen LogP contribution in [0.4, 0.5) is 0 Å². The third kappa shape index (κ3) is 3.06. The highest BCUT2D eigenvalue weighted by molar-refractivity contribution is 7.89. The van der Waals surface area contributed by atoms with E-state index in [9.17, 15) is 8.42 Å². The normalized spacial score (nSPS) is 32.1. The molecule has 0 aromatic heterocycles. The highest BCUT2D eigenvalue weighted by Crippen LogP contribution is 2.31. The SMILES string of the molecule is CCCCS(=O)(=O)N(CC)C1CC2CCC(C1)N2. The van der Waals surface area contributed by atoms with Crippen molar-refractivity contribution in [2.24, 2.45) is 0 Å². The van der Waals surface area contributed by atoms with E-state index < -0.39 is 10.0 Å². The minimum absolute atomic E-state index is 0.232. The number of unbranched alkanes of at least 4 members (excludes halogenated alkanes) is 1. The molecule has 2 heterocycles. The molecule has 18 heavy (non-hydrogen) atoms. The van der Waals surface area contributed by atoms with Gasteiger partial charge in [0.25, 0.3) is 0 Å². The Labute approximate surface area is 111 Å². The summed E-state index contributed by atoms with van der Waals surface area (Å²) in [5, 5.41) is 3.57. The van der Waals surface area contributed by atoms with Crippen LogP contribution in [0.25, 0.3) is 0 Å². The zero-order valence-corrected chi connectivity index (χ0v) is 12.4. The summed E-state index contributed by atoms with van der Waals surface area (Å²) in [5.74, 6) is 0.316. The molecular formula is C13H26N2O2S. The van der Waals surface area contributed by atoms with Gasteiger partial charge in [-0.25, -0.2) is 8.42 Å². The number of nitrogens with zero attached hydrogens (tertiary/aromatic N) is 1. The van der Waals surface area contributed by atoms with Crippen LogP contribution in [-0.4, -0.2) is 43.1 Å². The molecule has 2 saturated heterocycles. The molecule has 2 fully saturated rings. The second-order valence-corrected chi connectivity index (χ2v) is 7.68. The maximum Gasteiger partial charge on any atom is 0.214 e. The molecule has 2 aliphatic rings. The second kappa shape index (κ2) is 5.88. The Balaban J connectivity index is 2.04. The van der Waals surface area contributed by atoms with Gasteiger partial charge in [0, 0.05) is 24.7 Å². The Hall–Kier alpha value is -0.130. The summed E-state index contributed by atoms with van der Waals surface area (Å²) in [6, 6.07) is 1.32. The molecule has 4 nitrogen and oxygen atoms in total. The lowest BCUT2D eigenvalue weighted by Crippen LogP contribution is -2.50. The van der Waals surface area contributed by atoms with Gasteiger partial charge in [-0.1, -0.05) is 20.3 Å². The van der Waals surface area contributed by atoms with Gasteiger partial charge in [-0.3, -0.25) is 0 Å². The van der Waals surface area contributed by atoms with E-state index in [1.807, 2.05) is 13.8 Å². The average Bonchev–Trinajstić information content (AvgIpc) is 2.67. The largest absolute Gasteiger partial charge is 0.311 e. The van der Waals surface area contributed by atoms with E-state index in [0.717, 1.165) is 25.7 Å². The fourth-order valence-corrected chi connectivity index (χ4v) is 5.30. The third-order valence-corrected chi connectivity index (χ3v) is 6.36. The highest BCUT2D eigenvalue weighted by Gasteiger charge is 2.38. The van der Waals surface area contributed by atoms with Gasteiger partial charge in [-0.2, -0.15) is 4.31 Å². The van der Waals surface area contributed by atoms with Crippen molar-refractivity contribution in [1.29, 1.82) is 0 Å². The van der Waals surface area contributed by atoms with E-state index >= 15 is 0 Å². The van der Waals surface area contributed by atoms with Crippen LogP contribution in [0.15, 0.2) is 0 Å². The van der Waals surface area contributed by atoms with Gasteiger partial charge in [0.05, 0.1) is 5.75 Å². The Morgan fingerprint density at radius 1 is 1.17 bits per heavy atom. The van der Waals surface area contributed by atoms with Crippen molar-refractivity contribution in [1.82, 2.24) is 9.62 Å². The monoisotopic (exact) mass is 274 g/mol. The van der Waals surface area contributed by atoms with Crippen molar-refractivity contribution in [2.75, 3.05) is 12.3 Å². The van der Waals surface area contributed by atoms with Crippen molar-refractivity contribution >= 4 is 10.0 Å². The highest BCUT2D eigenvalue weighted by atomic mass is 32.2. The fraction of sp³-hybridized carbons (Fsp3) is 1.00. The number of nitrogens with one attached hydrogen (secondary N) is 1. The zero-order valence-electron chi connectivity index (χ0n) is 11.6. The molecule has 2 bridgehead atoms. The molecule has 2 unspecified atom stereocenters. The standard InChI is InChI=1S/C13H26N2O2S/c1-3-5-8-18(16,17)15(4-2)13-9-11-6-7-12(10-13)14-11/h11-14H,3-10H2,1-2H3. The number of fused-ring (bicyclic) bond motifs is 2. The molecule has 1 N–H and O–H groups in total. The van der Waals surface area contributed by atoms with Crippen molar-refractivity contribution < 1.29 is 8.42 Å². The lowest BCUT2D eigenvalue weighted by atomic mass is 10.00. The second-order valence-electron chi connectivity index (χ2n) is 5.64. The third-order valence-electron chi connectivity index (χ3n) is 4.28. The first kappa shape index (κ1) is 14.3. The Morgan fingerprint density at radius 3 is 2.28 bits per heavy atom. The van der Waals surface area contributed by atoms with E-state index in [-0.39, 0.29) is 6.04 Å². The maximum absolute atomic E-state index is 12.4. The van der Waals surface area contributed by atoms with Gasteiger partial charge in [-0.05, 0) is 32.1 Å². The van der Waals surface area contributed by atoms with Gasteiger partial charge in [0.15, 0.2) is 0 Å². The molecule has 0 radical (unpaired) electrons. The van der Waals surface area contributed by atoms with Gasteiger partial charge in [0.1, 0.15) is 0 Å². The first-order chi connectivity index (χ1) is 8.56. The molecule has 5 heteroatoms. The first-order valence-electron chi connectivity index (χ1n) is 7.32. The van der Waals surface area contributed by atoms with Crippen LogP contribution in [0.1, 0.15) is 52.4 Å². The number of rotatable bonds is 6. The lowest BCUT2D eigenvalue weighted by molar-refractivity contribution is 0.232. The topological polar surface area (TPSA) is 49.4 Å². The first-order valence-corrected chi connectivity index (χ1v) is 8.93. The van der Waals surface area contributed by atoms with Crippen LogP contribution in [0, 0.1) is 0 Å². The van der Waals surface area contributed by atoms with Crippen LogP contribution in [0.5, 0.6) is 0 Å². The van der Waals surface area contributed by atoms with Gasteiger partial charge in [-0.15, -0.1) is 0 Å². The smallest absolute Gasteiger partial charge is 0.214 e. The van der Waals surface area contributed by atoms with E-state index in [4.69, 9.17) is 0 Å². The minimum atomic E-state index is -3.05. The number of hydrogen-bond donors (Lipinski definition) is 1. The molecular weight excluding hydrogens is 248 g/mol. The molecule has 0 aromatic rings. The van der Waals surface area contributed by atoms with Crippen molar-refractivity contribution in [3.05, 3.63) is 0 Å². The van der Waals surface area contributed by atoms with Crippen LogP contribution in [0.2, 0.25) is 0 Å². The Kier molecular flexibility index (Phi) is 4.67. The molecule has 106 valence electrons. The molecule has 2 rings (SSSR count). The summed E-state index contributed by atoms with van der Waals surface area (Å²) in [4.78, 5) is 0. The molecule has 2 atom stereocenters. The van der Waals surface area contributed by atoms with Crippen LogP contribution in [0.3, 0.4) is 0 Å². The average molecular weight is 274 g/mol. The van der Waals surface area contributed by atoms with Crippen LogP contribution >= 0.6 is 0 Å². The van der Waals surface area contributed by atoms with Gasteiger partial charge in [0.2, 0.25) is 10.0 Å². The molecule has 0 saturated carbocycles. The predicted molar refractivity (Wildman–Crippen MR) is 74.0 cm³/mol. The number of piperidine rings is 1. The summed E-state index contributed by atoms with van der Waals surface area (Å²) in [6.45, 7) is 4.63. The molecule has 0 amide bonds. The predicted octanol–water partition coefficient (Wildman–Crippen LogP) is 1.72. The zero-order chi connectivity index (χ0) is 13.2. The van der Waals surface area contributed by atoms with E-state index in [1.54, 1.807) is 4.31 Å².